The molecule has 1 aromatic carbocycles. The lowest BCUT2D eigenvalue weighted by atomic mass is 9.97. The Labute approximate surface area is 96.8 Å². The van der Waals surface area contributed by atoms with Crippen molar-refractivity contribution >= 4 is 15.9 Å². The Morgan fingerprint density at radius 3 is 2.13 bits per heavy atom. The lowest BCUT2D eigenvalue weighted by Crippen LogP contribution is -2.16. The molecule has 0 bridgehead atoms. The summed E-state index contributed by atoms with van der Waals surface area (Å²) in [6, 6.07) is 1.88. The monoisotopic (exact) mass is 277 g/mol. The summed E-state index contributed by atoms with van der Waals surface area (Å²) < 4.78 is 27.3. The van der Waals surface area contributed by atoms with Crippen molar-refractivity contribution < 1.29 is 8.78 Å². The molecule has 0 aliphatic heterocycles. The van der Waals surface area contributed by atoms with Crippen molar-refractivity contribution in [2.24, 2.45) is 11.7 Å². The number of nitrogens with two attached hydrogens (primary N) is 1. The van der Waals surface area contributed by atoms with Crippen LogP contribution in [0.2, 0.25) is 0 Å². The molecule has 0 saturated heterocycles. The van der Waals surface area contributed by atoms with Gasteiger partial charge >= 0.3 is 0 Å². The molecule has 0 saturated carbocycles. The predicted octanol–water partition coefficient (Wildman–Crippen LogP) is 3.77. The summed E-state index contributed by atoms with van der Waals surface area (Å²) in [7, 11) is 0. The lowest BCUT2D eigenvalue weighted by Gasteiger charge is -2.16. The molecule has 15 heavy (non-hydrogen) atoms. The quantitative estimate of drug-likeness (QED) is 0.894. The maximum atomic E-state index is 13.5. The minimum absolute atomic E-state index is 0.0214. The van der Waals surface area contributed by atoms with Gasteiger partial charge in [-0.2, -0.15) is 0 Å². The van der Waals surface area contributed by atoms with Gasteiger partial charge in [0.25, 0.3) is 0 Å². The number of halogens is 3. The molecule has 0 fully saturated rings. The molecule has 0 spiro atoms. The molecule has 0 amide bonds. The van der Waals surface area contributed by atoms with Crippen LogP contribution in [0.3, 0.4) is 0 Å². The molecule has 0 aliphatic rings. The molecule has 0 unspecified atom stereocenters. The molecule has 84 valence electrons. The normalized spacial score (nSPS) is 13.3. The van der Waals surface area contributed by atoms with E-state index in [1.165, 1.54) is 12.1 Å². The second-order valence-corrected chi connectivity index (χ2v) is 4.93. The largest absolute Gasteiger partial charge is 0.324 e. The Hall–Kier alpha value is -0.480. The Kier molecular flexibility index (Phi) is 4.22. The van der Waals surface area contributed by atoms with E-state index in [9.17, 15) is 8.78 Å². The van der Waals surface area contributed by atoms with Crippen molar-refractivity contribution in [3.63, 3.8) is 0 Å². The first-order valence-corrected chi connectivity index (χ1v) is 5.61. The van der Waals surface area contributed by atoms with Crippen LogP contribution in [-0.2, 0) is 0 Å². The third-order valence-corrected chi connectivity index (χ3v) is 2.60. The van der Waals surface area contributed by atoms with Crippen molar-refractivity contribution in [3.05, 3.63) is 33.8 Å². The van der Waals surface area contributed by atoms with Crippen molar-refractivity contribution in [1.82, 2.24) is 0 Å². The van der Waals surface area contributed by atoms with E-state index in [1.807, 2.05) is 13.8 Å². The fourth-order valence-electron chi connectivity index (χ4n) is 1.53. The topological polar surface area (TPSA) is 26.0 Å². The zero-order chi connectivity index (χ0) is 11.6. The fraction of sp³-hybridized carbons (Fsp3) is 0.455. The van der Waals surface area contributed by atoms with E-state index in [-0.39, 0.29) is 5.56 Å². The van der Waals surface area contributed by atoms with Crippen LogP contribution < -0.4 is 5.73 Å². The van der Waals surface area contributed by atoms with Crippen LogP contribution >= 0.6 is 15.9 Å². The summed E-state index contributed by atoms with van der Waals surface area (Å²) in [5, 5.41) is 0. The summed E-state index contributed by atoms with van der Waals surface area (Å²) >= 11 is 3.03. The smallest absolute Gasteiger partial charge is 0.132 e. The van der Waals surface area contributed by atoms with E-state index in [4.69, 9.17) is 5.73 Å². The zero-order valence-electron chi connectivity index (χ0n) is 8.73. The minimum Gasteiger partial charge on any atom is -0.324 e. The molecule has 0 aromatic heterocycles. The van der Waals surface area contributed by atoms with E-state index >= 15 is 0 Å². The highest BCUT2D eigenvalue weighted by Gasteiger charge is 2.18. The van der Waals surface area contributed by atoms with Gasteiger partial charge in [-0.05, 0) is 24.5 Å². The summed E-state index contributed by atoms with van der Waals surface area (Å²) in [5.74, 6) is -0.868. The molecule has 1 rings (SSSR count). The van der Waals surface area contributed by atoms with Gasteiger partial charge in [-0.15, -0.1) is 0 Å². The van der Waals surface area contributed by atoms with Crippen LogP contribution in [0.5, 0.6) is 0 Å². The van der Waals surface area contributed by atoms with E-state index in [0.717, 1.165) is 0 Å². The standard InChI is InChI=1S/C11H14BrF2N/c1-6(2)3-10(15)11-8(13)4-7(12)5-9(11)14/h4-6,10H,3,15H2,1-2H3/t10-/m1/s1. The molecule has 2 N–H and O–H groups in total. The molecule has 1 atom stereocenters. The molecular weight excluding hydrogens is 264 g/mol. The van der Waals surface area contributed by atoms with Crippen molar-refractivity contribution in [2.45, 2.75) is 26.3 Å². The van der Waals surface area contributed by atoms with Gasteiger partial charge in [0.2, 0.25) is 0 Å². The van der Waals surface area contributed by atoms with Crippen LogP contribution in [-0.4, -0.2) is 0 Å². The van der Waals surface area contributed by atoms with Gasteiger partial charge in [-0.3, -0.25) is 0 Å². The zero-order valence-corrected chi connectivity index (χ0v) is 10.3. The van der Waals surface area contributed by atoms with E-state index in [2.05, 4.69) is 15.9 Å². The summed E-state index contributed by atoms with van der Waals surface area (Å²) in [4.78, 5) is 0. The molecule has 1 aromatic rings. The third kappa shape index (κ3) is 3.24. The average molecular weight is 278 g/mol. The first-order chi connectivity index (χ1) is 6.91. The maximum Gasteiger partial charge on any atom is 0.132 e. The molecule has 0 aliphatic carbocycles. The molecular formula is C11H14BrF2N. The van der Waals surface area contributed by atoms with E-state index < -0.39 is 17.7 Å². The van der Waals surface area contributed by atoms with Gasteiger partial charge in [0.15, 0.2) is 0 Å². The van der Waals surface area contributed by atoms with Gasteiger partial charge < -0.3 is 5.73 Å². The highest BCUT2D eigenvalue weighted by molar-refractivity contribution is 9.10. The number of hydrogen-bond acceptors (Lipinski definition) is 1. The molecule has 4 heteroatoms. The SMILES string of the molecule is CC(C)C[C@@H](N)c1c(F)cc(Br)cc1F. The fourth-order valence-corrected chi connectivity index (χ4v) is 1.94. The first-order valence-electron chi connectivity index (χ1n) is 4.81. The molecule has 1 nitrogen and oxygen atoms in total. The van der Waals surface area contributed by atoms with Crippen LogP contribution in [0.15, 0.2) is 16.6 Å². The Balaban J connectivity index is 3.03. The number of benzene rings is 1. The third-order valence-electron chi connectivity index (χ3n) is 2.14. The van der Waals surface area contributed by atoms with Crippen molar-refractivity contribution in [3.8, 4) is 0 Å². The van der Waals surface area contributed by atoms with Gasteiger partial charge in [0, 0.05) is 16.1 Å². The van der Waals surface area contributed by atoms with Gasteiger partial charge in [0.1, 0.15) is 11.6 Å². The maximum absolute atomic E-state index is 13.5. The first kappa shape index (κ1) is 12.6. The van der Waals surface area contributed by atoms with Crippen LogP contribution in [0.4, 0.5) is 8.78 Å². The Morgan fingerprint density at radius 1 is 1.27 bits per heavy atom. The second kappa shape index (κ2) is 5.03. The summed E-state index contributed by atoms with van der Waals surface area (Å²) in [6.07, 6.45) is 0.565. The second-order valence-electron chi connectivity index (χ2n) is 4.02. The average Bonchev–Trinajstić information content (AvgIpc) is 1.99. The summed E-state index contributed by atoms with van der Waals surface area (Å²) in [5.41, 5.74) is 5.73. The number of hydrogen-bond donors (Lipinski definition) is 1. The Morgan fingerprint density at radius 2 is 1.73 bits per heavy atom. The molecule has 0 heterocycles. The minimum atomic E-state index is -0.588. The van der Waals surface area contributed by atoms with Crippen LogP contribution in [0.1, 0.15) is 31.9 Å². The highest BCUT2D eigenvalue weighted by atomic mass is 79.9. The van der Waals surface area contributed by atoms with Crippen LogP contribution in [0.25, 0.3) is 0 Å². The van der Waals surface area contributed by atoms with Crippen LogP contribution in [0, 0.1) is 17.6 Å². The summed E-state index contributed by atoms with van der Waals surface area (Å²) in [6.45, 7) is 3.93. The molecule has 0 radical (unpaired) electrons. The lowest BCUT2D eigenvalue weighted by molar-refractivity contribution is 0.463. The highest BCUT2D eigenvalue weighted by Crippen LogP contribution is 2.27. The van der Waals surface area contributed by atoms with Gasteiger partial charge in [-0.1, -0.05) is 29.8 Å². The van der Waals surface area contributed by atoms with Gasteiger partial charge in [0.05, 0.1) is 0 Å². The Bertz CT molecular complexity index is 329. The van der Waals surface area contributed by atoms with Crippen molar-refractivity contribution in [1.29, 1.82) is 0 Å². The predicted molar refractivity (Wildman–Crippen MR) is 60.4 cm³/mol. The van der Waals surface area contributed by atoms with E-state index in [1.54, 1.807) is 0 Å². The van der Waals surface area contributed by atoms with Gasteiger partial charge in [-0.25, -0.2) is 8.78 Å². The van der Waals surface area contributed by atoms with Crippen molar-refractivity contribution in [2.75, 3.05) is 0 Å². The number of rotatable bonds is 3. The van der Waals surface area contributed by atoms with E-state index in [0.29, 0.717) is 16.8 Å².